The summed E-state index contributed by atoms with van der Waals surface area (Å²) in [5, 5.41) is 2.49. The fourth-order valence-corrected chi connectivity index (χ4v) is 6.60. The number of ether oxygens (including phenoxy) is 1. The Morgan fingerprint density at radius 1 is 0.806 bits per heavy atom. The van der Waals surface area contributed by atoms with E-state index in [9.17, 15) is 21.6 Å². The van der Waals surface area contributed by atoms with Crippen LogP contribution in [0.1, 0.15) is 6.92 Å². The van der Waals surface area contributed by atoms with E-state index < -0.39 is 26.0 Å². The van der Waals surface area contributed by atoms with Gasteiger partial charge in [0.25, 0.3) is 20.0 Å². The van der Waals surface area contributed by atoms with Crippen molar-refractivity contribution >= 4 is 37.3 Å². The molecule has 1 amide bonds. The maximum Gasteiger partial charge on any atom is 0.277 e. The Morgan fingerprint density at radius 2 is 1.29 bits per heavy atom. The third-order valence-electron chi connectivity index (χ3n) is 4.23. The van der Waals surface area contributed by atoms with Crippen LogP contribution in [-0.4, -0.2) is 29.9 Å². The van der Waals surface area contributed by atoms with Crippen molar-refractivity contribution in [2.75, 3.05) is 16.1 Å². The number of hydrogen-bond acceptors (Lipinski definition) is 6. The summed E-state index contributed by atoms with van der Waals surface area (Å²) in [6.45, 7) is 1.23. The van der Waals surface area contributed by atoms with Gasteiger partial charge in [0.15, 0.2) is 0 Å². The lowest BCUT2D eigenvalue weighted by atomic mass is 10.2. The zero-order chi connectivity index (χ0) is 22.6. The van der Waals surface area contributed by atoms with Gasteiger partial charge in [-0.15, -0.1) is 0 Å². The zero-order valence-corrected chi connectivity index (χ0v) is 18.4. The normalized spacial score (nSPS) is 11.5. The minimum Gasteiger partial charge on any atom is -0.497 e. The first-order chi connectivity index (χ1) is 14.7. The minimum absolute atomic E-state index is 0.00712. The van der Waals surface area contributed by atoms with Crippen LogP contribution in [0.5, 0.6) is 5.75 Å². The second kappa shape index (κ2) is 8.78. The molecule has 0 spiro atoms. The highest BCUT2D eigenvalue weighted by Crippen LogP contribution is 2.38. The van der Waals surface area contributed by atoms with Gasteiger partial charge in [-0.3, -0.25) is 4.79 Å². The molecule has 0 heterocycles. The molecular formula is C21H20N2O6S2. The number of benzene rings is 3. The number of nitrogens with one attached hydrogen (secondary N) is 1. The Balaban J connectivity index is 2.37. The molecule has 162 valence electrons. The Kier molecular flexibility index (Phi) is 6.32. The standard InChI is InChI=1S/C21H20N2O6S2/c1-16(24)22-20-14-13-17(29-2)15-21(20)23(30(25,26)18-9-5-3-6-10-18)31(27,28)19-11-7-4-8-12-19/h3-15H,1-2H3,(H,22,24). The van der Waals surface area contributed by atoms with Crippen molar-refractivity contribution in [2.24, 2.45) is 0 Å². The molecule has 0 saturated heterocycles. The number of carbonyl (C=O) groups excluding carboxylic acids is 1. The van der Waals surface area contributed by atoms with Crippen molar-refractivity contribution in [3.63, 3.8) is 0 Å². The van der Waals surface area contributed by atoms with Gasteiger partial charge >= 0.3 is 0 Å². The number of amides is 1. The summed E-state index contributed by atoms with van der Waals surface area (Å²) in [5.41, 5.74) is -0.283. The summed E-state index contributed by atoms with van der Waals surface area (Å²) in [6, 6.07) is 18.5. The summed E-state index contributed by atoms with van der Waals surface area (Å²) < 4.78 is 59.8. The molecule has 0 aliphatic heterocycles. The van der Waals surface area contributed by atoms with Gasteiger partial charge in [-0.05, 0) is 36.4 Å². The van der Waals surface area contributed by atoms with Crippen molar-refractivity contribution in [3.8, 4) is 5.75 Å². The van der Waals surface area contributed by atoms with Crippen LogP contribution in [0.15, 0.2) is 88.7 Å². The molecule has 3 rings (SSSR count). The number of anilines is 2. The Hall–Kier alpha value is -3.37. The van der Waals surface area contributed by atoms with Crippen molar-refractivity contribution < 1.29 is 26.4 Å². The largest absolute Gasteiger partial charge is 0.497 e. The number of hydrogen-bond donors (Lipinski definition) is 1. The van der Waals surface area contributed by atoms with Gasteiger partial charge in [0, 0.05) is 13.0 Å². The van der Waals surface area contributed by atoms with Crippen LogP contribution in [0, 0.1) is 0 Å². The highest BCUT2D eigenvalue weighted by atomic mass is 32.3. The Bertz CT molecular complexity index is 1220. The first kappa shape index (κ1) is 22.3. The lowest BCUT2D eigenvalue weighted by molar-refractivity contribution is -0.114. The van der Waals surface area contributed by atoms with Crippen molar-refractivity contribution in [1.29, 1.82) is 0 Å². The fourth-order valence-electron chi connectivity index (χ4n) is 2.85. The minimum atomic E-state index is -4.60. The van der Waals surface area contributed by atoms with Gasteiger partial charge < -0.3 is 10.1 Å². The van der Waals surface area contributed by atoms with Crippen LogP contribution in [0.2, 0.25) is 0 Å². The third-order valence-corrected chi connectivity index (χ3v) is 8.41. The van der Waals surface area contributed by atoms with Crippen LogP contribution < -0.4 is 13.8 Å². The molecule has 0 unspecified atom stereocenters. The Morgan fingerprint density at radius 3 is 1.71 bits per heavy atom. The number of methoxy groups -OCH3 is 1. The maximum atomic E-state index is 13.6. The van der Waals surface area contributed by atoms with E-state index in [0.717, 1.165) is 0 Å². The molecule has 0 aliphatic rings. The van der Waals surface area contributed by atoms with E-state index in [0.29, 0.717) is 3.71 Å². The summed E-state index contributed by atoms with van der Waals surface area (Å²) in [6.07, 6.45) is 0. The average Bonchev–Trinajstić information content (AvgIpc) is 2.75. The van der Waals surface area contributed by atoms with Crippen LogP contribution in [-0.2, 0) is 24.8 Å². The fraction of sp³-hybridized carbons (Fsp3) is 0.0952. The molecule has 0 radical (unpaired) electrons. The number of rotatable bonds is 7. The summed E-state index contributed by atoms with van der Waals surface area (Å²) in [4.78, 5) is 11.3. The Labute approximate surface area is 181 Å². The quantitative estimate of drug-likeness (QED) is 0.580. The van der Waals surface area contributed by atoms with Crippen molar-refractivity contribution in [1.82, 2.24) is 0 Å². The van der Waals surface area contributed by atoms with Crippen molar-refractivity contribution in [2.45, 2.75) is 16.7 Å². The predicted molar refractivity (Wildman–Crippen MR) is 117 cm³/mol. The monoisotopic (exact) mass is 460 g/mol. The molecule has 0 saturated carbocycles. The highest BCUT2D eigenvalue weighted by Gasteiger charge is 2.38. The van der Waals surface area contributed by atoms with E-state index >= 15 is 0 Å². The molecule has 1 N–H and O–H groups in total. The van der Waals surface area contributed by atoms with Gasteiger partial charge in [-0.1, -0.05) is 36.4 Å². The predicted octanol–water partition coefficient (Wildman–Crippen LogP) is 3.24. The lowest BCUT2D eigenvalue weighted by Gasteiger charge is -2.26. The molecule has 3 aromatic carbocycles. The number of nitrogens with zero attached hydrogens (tertiary/aromatic N) is 1. The molecule has 0 atom stereocenters. The summed E-state index contributed by atoms with van der Waals surface area (Å²) in [5.74, 6) is -0.291. The molecule has 3 aromatic rings. The zero-order valence-electron chi connectivity index (χ0n) is 16.7. The maximum absolute atomic E-state index is 13.6. The summed E-state index contributed by atoms with van der Waals surface area (Å²) in [7, 11) is -7.85. The summed E-state index contributed by atoms with van der Waals surface area (Å²) >= 11 is 0. The molecule has 31 heavy (non-hydrogen) atoms. The first-order valence-electron chi connectivity index (χ1n) is 9.04. The number of carbonyl (C=O) groups is 1. The molecule has 0 fully saturated rings. The van der Waals surface area contributed by atoms with Gasteiger partial charge in [0.1, 0.15) is 5.75 Å². The molecule has 10 heteroatoms. The third kappa shape index (κ3) is 4.54. The van der Waals surface area contributed by atoms with E-state index in [4.69, 9.17) is 4.74 Å². The molecule has 0 aromatic heterocycles. The first-order valence-corrected chi connectivity index (χ1v) is 11.9. The van der Waals surface area contributed by atoms with Gasteiger partial charge in [0.05, 0.1) is 28.3 Å². The second-order valence-corrected chi connectivity index (χ2v) is 10.2. The molecule has 8 nitrogen and oxygen atoms in total. The number of sulfonamides is 2. The molecule has 0 aliphatic carbocycles. The SMILES string of the molecule is COc1ccc(NC(C)=O)c(N(S(=O)(=O)c2ccccc2)S(=O)(=O)c2ccccc2)c1. The second-order valence-electron chi connectivity index (χ2n) is 6.40. The van der Waals surface area contributed by atoms with Crippen LogP contribution in [0.25, 0.3) is 0 Å². The van der Waals surface area contributed by atoms with Gasteiger partial charge in [0.2, 0.25) is 5.91 Å². The van der Waals surface area contributed by atoms with E-state index in [1.807, 2.05) is 0 Å². The van der Waals surface area contributed by atoms with Crippen LogP contribution in [0.4, 0.5) is 11.4 Å². The van der Waals surface area contributed by atoms with E-state index in [1.54, 1.807) is 12.1 Å². The van der Waals surface area contributed by atoms with E-state index in [-0.39, 0.29) is 26.9 Å². The van der Waals surface area contributed by atoms with E-state index in [2.05, 4.69) is 5.32 Å². The van der Waals surface area contributed by atoms with Crippen LogP contribution >= 0.6 is 0 Å². The van der Waals surface area contributed by atoms with Gasteiger partial charge in [-0.2, -0.15) is 3.71 Å². The average molecular weight is 461 g/mol. The lowest BCUT2D eigenvalue weighted by Crippen LogP contribution is -2.37. The van der Waals surface area contributed by atoms with Gasteiger partial charge in [-0.25, -0.2) is 16.8 Å². The van der Waals surface area contributed by atoms with E-state index in [1.165, 1.54) is 80.8 Å². The smallest absolute Gasteiger partial charge is 0.277 e. The molecule has 0 bridgehead atoms. The van der Waals surface area contributed by atoms with Crippen molar-refractivity contribution in [3.05, 3.63) is 78.9 Å². The molecular weight excluding hydrogens is 440 g/mol. The van der Waals surface area contributed by atoms with Crippen LogP contribution in [0.3, 0.4) is 0 Å². The highest BCUT2D eigenvalue weighted by molar-refractivity contribution is 8.10. The topological polar surface area (TPSA) is 110 Å².